The monoisotopic (exact) mass is 612 g/mol. The molecule has 0 unspecified atom stereocenters. The van der Waals surface area contributed by atoms with Gasteiger partial charge in [-0.15, -0.1) is 0 Å². The lowest BCUT2D eigenvalue weighted by molar-refractivity contribution is 0.414. The van der Waals surface area contributed by atoms with Crippen LogP contribution in [0.15, 0.2) is 111 Å². The molecule has 1 atom stereocenters. The highest BCUT2D eigenvalue weighted by atomic mass is 79.9. The summed E-state index contributed by atoms with van der Waals surface area (Å²) in [5.41, 5.74) is 5.81. The lowest BCUT2D eigenvalue weighted by Gasteiger charge is -2.23. The molecule has 4 aromatic carbocycles. The minimum absolute atomic E-state index is 0.0652. The molecule has 6 rings (SSSR count). The Kier molecular flexibility index (Phi) is 6.49. The third kappa shape index (κ3) is 4.65. The number of ether oxygens (including phenoxy) is 1. The average Bonchev–Trinajstić information content (AvgIpc) is 3.39. The molecule has 0 saturated heterocycles. The van der Waals surface area contributed by atoms with Gasteiger partial charge in [-0.3, -0.25) is 0 Å². The summed E-state index contributed by atoms with van der Waals surface area (Å²) in [7, 11) is 1.69. The van der Waals surface area contributed by atoms with Gasteiger partial charge in [0, 0.05) is 31.9 Å². The van der Waals surface area contributed by atoms with Gasteiger partial charge in [0.2, 0.25) is 5.95 Å². The number of anilines is 1. The zero-order chi connectivity index (χ0) is 25.4. The van der Waals surface area contributed by atoms with Crippen LogP contribution in [0, 0.1) is 0 Å². The second-order valence-corrected chi connectivity index (χ2v) is 10.6. The minimum atomic E-state index is -0.0652. The van der Waals surface area contributed by atoms with Crippen LogP contribution in [0.1, 0.15) is 23.6 Å². The van der Waals surface area contributed by atoms with E-state index < -0.39 is 0 Å². The smallest absolute Gasteiger partial charge is 0.247 e. The first kappa shape index (κ1) is 23.8. The van der Waals surface area contributed by atoms with E-state index in [0.717, 1.165) is 53.7 Å². The molecule has 5 aromatic rings. The number of methoxy groups -OCH3 is 1. The number of hydrogen-bond donors (Lipinski definition) is 0. The number of benzene rings is 4. The van der Waals surface area contributed by atoms with Crippen molar-refractivity contribution in [2.75, 3.05) is 12.1 Å². The fourth-order valence-corrected chi connectivity index (χ4v) is 5.32. The van der Waals surface area contributed by atoms with Gasteiger partial charge in [-0.1, -0.05) is 86.5 Å². The topological polar surface area (TPSA) is 50.6 Å². The van der Waals surface area contributed by atoms with Crippen molar-refractivity contribution < 1.29 is 4.74 Å². The molecule has 2 heterocycles. The zero-order valence-corrected chi connectivity index (χ0v) is 23.1. The molecular weight excluding hydrogens is 592 g/mol. The molecule has 0 fully saturated rings. The van der Waals surface area contributed by atoms with E-state index in [1.165, 1.54) is 0 Å². The van der Waals surface area contributed by atoms with E-state index >= 15 is 0 Å². The van der Waals surface area contributed by atoms with Crippen LogP contribution in [0.5, 0.6) is 5.75 Å². The molecule has 0 saturated carbocycles. The number of fused-ring (bicyclic) bond motifs is 1. The number of para-hydroxylation sites is 1. The molecule has 7 heteroatoms. The third-order valence-corrected chi connectivity index (χ3v) is 7.50. The summed E-state index contributed by atoms with van der Waals surface area (Å²) in [5.74, 6) is 1.36. The van der Waals surface area contributed by atoms with E-state index in [-0.39, 0.29) is 6.04 Å². The van der Waals surface area contributed by atoms with Gasteiger partial charge in [0.1, 0.15) is 5.75 Å². The van der Waals surface area contributed by atoms with Gasteiger partial charge in [0.25, 0.3) is 0 Å². The summed E-state index contributed by atoms with van der Waals surface area (Å²) >= 11 is 7.18. The molecule has 1 aliphatic rings. The number of aromatic nitrogens is 2. The lowest BCUT2D eigenvalue weighted by Crippen LogP contribution is -2.21. The van der Waals surface area contributed by atoms with Gasteiger partial charge in [-0.25, -0.2) is 15.0 Å². The Labute approximate surface area is 232 Å². The summed E-state index contributed by atoms with van der Waals surface area (Å²) in [4.78, 5) is 10.1. The Morgan fingerprint density at radius 3 is 2.32 bits per heavy atom. The highest BCUT2D eigenvalue weighted by Gasteiger charge is 2.33. The highest BCUT2D eigenvalue weighted by Crippen LogP contribution is 2.39. The van der Waals surface area contributed by atoms with E-state index in [2.05, 4.69) is 74.3 Å². The molecule has 0 radical (unpaired) electrons. The number of rotatable bonds is 5. The number of hydrazone groups is 1. The van der Waals surface area contributed by atoms with Crippen molar-refractivity contribution in [3.8, 4) is 17.0 Å². The molecule has 0 spiro atoms. The van der Waals surface area contributed by atoms with Crippen LogP contribution in [0.25, 0.3) is 22.2 Å². The Hall–Kier alpha value is -3.55. The quantitative estimate of drug-likeness (QED) is 0.200. The summed E-state index contributed by atoms with van der Waals surface area (Å²) in [6.07, 6.45) is 0.699. The van der Waals surface area contributed by atoms with Crippen molar-refractivity contribution in [3.05, 3.63) is 117 Å². The molecule has 0 amide bonds. The largest absolute Gasteiger partial charge is 0.496 e. The Morgan fingerprint density at radius 1 is 0.811 bits per heavy atom. The van der Waals surface area contributed by atoms with Crippen molar-refractivity contribution in [1.82, 2.24) is 9.97 Å². The van der Waals surface area contributed by atoms with Crippen LogP contribution in [-0.2, 0) is 0 Å². The SMILES string of the molecule is COc1ccccc1C1=NN(c2nc(-c3ccccc3)c3cc(Br)ccc3n2)[C@H](c2ccc(Br)cc2)C1. The van der Waals surface area contributed by atoms with Crippen molar-refractivity contribution in [2.24, 2.45) is 5.10 Å². The summed E-state index contributed by atoms with van der Waals surface area (Å²) in [6.45, 7) is 0. The van der Waals surface area contributed by atoms with Crippen LogP contribution in [-0.4, -0.2) is 22.8 Å². The fraction of sp³-hybridized carbons (Fsp3) is 0.100. The van der Waals surface area contributed by atoms with Gasteiger partial charge >= 0.3 is 0 Å². The fourth-order valence-electron chi connectivity index (χ4n) is 4.69. The molecule has 37 heavy (non-hydrogen) atoms. The van der Waals surface area contributed by atoms with Crippen molar-refractivity contribution in [1.29, 1.82) is 0 Å². The predicted octanol–water partition coefficient (Wildman–Crippen LogP) is 8.19. The first-order valence-corrected chi connectivity index (χ1v) is 13.5. The average molecular weight is 614 g/mol. The van der Waals surface area contributed by atoms with E-state index in [1.54, 1.807) is 7.11 Å². The number of nitrogens with zero attached hydrogens (tertiary/aromatic N) is 4. The zero-order valence-electron chi connectivity index (χ0n) is 20.0. The summed E-state index contributed by atoms with van der Waals surface area (Å²) in [5, 5.41) is 8.04. The van der Waals surface area contributed by atoms with Crippen molar-refractivity contribution >= 4 is 54.4 Å². The molecule has 0 aliphatic carbocycles. The lowest BCUT2D eigenvalue weighted by atomic mass is 9.98. The van der Waals surface area contributed by atoms with Crippen LogP contribution in [0.2, 0.25) is 0 Å². The number of hydrogen-bond acceptors (Lipinski definition) is 5. The molecule has 5 nitrogen and oxygen atoms in total. The number of halogens is 2. The Balaban J connectivity index is 1.55. The van der Waals surface area contributed by atoms with Gasteiger partial charge in [0.15, 0.2) is 0 Å². The summed E-state index contributed by atoms with van der Waals surface area (Å²) in [6, 6.07) is 32.6. The van der Waals surface area contributed by atoms with E-state index in [0.29, 0.717) is 12.4 Å². The second-order valence-electron chi connectivity index (χ2n) is 8.76. The normalized spacial score (nSPS) is 15.2. The maximum Gasteiger partial charge on any atom is 0.247 e. The standard InChI is InChI=1S/C30H22Br2N4O/c1-37-28-10-6-5-9-23(28)26-18-27(19-11-13-21(31)14-12-19)36(35-26)30-33-25-16-15-22(32)17-24(25)29(34-30)20-7-3-2-4-8-20/h2-17,27H,18H2,1H3/t27-/m0/s1. The third-order valence-electron chi connectivity index (χ3n) is 6.48. The van der Waals surface area contributed by atoms with Crippen molar-refractivity contribution in [2.45, 2.75) is 12.5 Å². The molecule has 1 aliphatic heterocycles. The van der Waals surface area contributed by atoms with Gasteiger partial charge in [-0.2, -0.15) is 5.10 Å². The van der Waals surface area contributed by atoms with Crippen molar-refractivity contribution in [3.63, 3.8) is 0 Å². The van der Waals surface area contributed by atoms with E-state index in [9.17, 15) is 0 Å². The molecule has 182 valence electrons. The first-order valence-electron chi connectivity index (χ1n) is 11.9. The Morgan fingerprint density at radius 2 is 1.54 bits per heavy atom. The van der Waals surface area contributed by atoms with Gasteiger partial charge < -0.3 is 4.74 Å². The molecule has 0 bridgehead atoms. The van der Waals surface area contributed by atoms with Crippen LogP contribution >= 0.6 is 31.9 Å². The second kappa shape index (κ2) is 10.1. The van der Waals surface area contributed by atoms with Crippen LogP contribution in [0.3, 0.4) is 0 Å². The van der Waals surface area contributed by atoms with Crippen LogP contribution in [0.4, 0.5) is 5.95 Å². The minimum Gasteiger partial charge on any atom is -0.496 e. The maximum atomic E-state index is 5.66. The predicted molar refractivity (Wildman–Crippen MR) is 156 cm³/mol. The van der Waals surface area contributed by atoms with Gasteiger partial charge in [-0.05, 0) is 48.0 Å². The van der Waals surface area contributed by atoms with Crippen LogP contribution < -0.4 is 9.75 Å². The highest BCUT2D eigenvalue weighted by molar-refractivity contribution is 9.10. The first-order chi connectivity index (χ1) is 18.1. The maximum absolute atomic E-state index is 5.66. The molecule has 1 aromatic heterocycles. The Bertz CT molecular complexity index is 1620. The van der Waals surface area contributed by atoms with E-state index in [1.807, 2.05) is 59.6 Å². The van der Waals surface area contributed by atoms with Gasteiger partial charge in [0.05, 0.1) is 30.1 Å². The molecular formula is C30H22Br2N4O. The molecule has 0 N–H and O–H groups in total. The summed E-state index contributed by atoms with van der Waals surface area (Å²) < 4.78 is 7.68. The van der Waals surface area contributed by atoms with E-state index in [4.69, 9.17) is 19.8 Å².